The number of rotatable bonds is 4. The number of methoxy groups -OCH3 is 1. The van der Waals surface area contributed by atoms with E-state index in [1.165, 1.54) is 32.2 Å². The zero-order valence-corrected chi connectivity index (χ0v) is 11.0. The molecule has 0 amide bonds. The lowest BCUT2D eigenvalue weighted by Crippen LogP contribution is -2.26. The van der Waals surface area contributed by atoms with Crippen molar-refractivity contribution in [1.82, 2.24) is 0 Å². The predicted octanol–water partition coefficient (Wildman–Crippen LogP) is 2.49. The molecule has 0 radical (unpaired) electrons. The Bertz CT molecular complexity index is 524. The predicted molar refractivity (Wildman–Crippen MR) is 66.8 cm³/mol. The van der Waals surface area contributed by atoms with Crippen LogP contribution in [-0.2, 0) is 9.53 Å². The first-order chi connectivity index (χ1) is 9.31. The minimum atomic E-state index is -4.90. The van der Waals surface area contributed by atoms with E-state index in [9.17, 15) is 18.0 Å². The van der Waals surface area contributed by atoms with E-state index in [0.717, 1.165) is 0 Å². The molecule has 7 heteroatoms. The molecule has 0 aliphatic heterocycles. The van der Waals surface area contributed by atoms with E-state index in [0.29, 0.717) is 5.75 Å². The molecule has 0 unspecified atom stereocenters. The number of alkyl halides is 3. The molecule has 0 spiro atoms. The van der Waals surface area contributed by atoms with Crippen molar-refractivity contribution < 1.29 is 27.4 Å². The van der Waals surface area contributed by atoms with Crippen LogP contribution in [-0.4, -0.2) is 25.9 Å². The van der Waals surface area contributed by atoms with Crippen LogP contribution in [0.5, 0.6) is 5.75 Å². The van der Waals surface area contributed by atoms with Crippen LogP contribution in [0.4, 0.5) is 13.2 Å². The van der Waals surface area contributed by atoms with Crippen molar-refractivity contribution in [1.29, 1.82) is 0 Å². The number of esters is 1. The molecular formula is C13H14F3NO3. The molecule has 4 nitrogen and oxygen atoms in total. The molecule has 0 saturated heterocycles. The molecule has 0 atom stereocenters. The molecule has 0 heterocycles. The van der Waals surface area contributed by atoms with Gasteiger partial charge in [-0.15, -0.1) is 0 Å². The maximum absolute atomic E-state index is 12.9. The molecule has 0 aromatic heterocycles. The lowest BCUT2D eigenvalue weighted by Gasteiger charge is -2.14. The van der Waals surface area contributed by atoms with Gasteiger partial charge in [-0.1, -0.05) is 12.1 Å². The zero-order valence-electron chi connectivity index (χ0n) is 11.0. The summed E-state index contributed by atoms with van der Waals surface area (Å²) < 4.78 is 48.1. The van der Waals surface area contributed by atoms with E-state index in [2.05, 4.69) is 4.74 Å². The van der Waals surface area contributed by atoms with Crippen molar-refractivity contribution in [3.63, 3.8) is 0 Å². The lowest BCUT2D eigenvalue weighted by atomic mass is 10.1. The fraction of sp³-hybridized carbons (Fsp3) is 0.308. The van der Waals surface area contributed by atoms with Gasteiger partial charge in [0.15, 0.2) is 5.57 Å². The Balaban J connectivity index is 3.36. The molecule has 2 N–H and O–H groups in total. The Hall–Kier alpha value is -2.18. The van der Waals surface area contributed by atoms with Crippen LogP contribution in [0.15, 0.2) is 29.8 Å². The third-order valence-electron chi connectivity index (χ3n) is 2.41. The van der Waals surface area contributed by atoms with Crippen molar-refractivity contribution in [3.05, 3.63) is 35.4 Å². The highest BCUT2D eigenvalue weighted by Crippen LogP contribution is 2.32. The summed E-state index contributed by atoms with van der Waals surface area (Å²) in [6.07, 6.45) is -4.90. The molecule has 1 aromatic rings. The highest BCUT2D eigenvalue weighted by Gasteiger charge is 2.42. The largest absolute Gasteiger partial charge is 0.497 e. The Morgan fingerprint density at radius 1 is 1.35 bits per heavy atom. The summed E-state index contributed by atoms with van der Waals surface area (Å²) in [5.74, 6) is -1.17. The second-order valence-electron chi connectivity index (χ2n) is 3.74. The smallest absolute Gasteiger partial charge is 0.425 e. The molecule has 0 bridgehead atoms. The third-order valence-corrected chi connectivity index (χ3v) is 2.41. The van der Waals surface area contributed by atoms with Gasteiger partial charge < -0.3 is 15.2 Å². The van der Waals surface area contributed by atoms with Crippen LogP contribution in [0.25, 0.3) is 5.70 Å². The number of carbonyl (C=O) groups excluding carboxylic acids is 1. The van der Waals surface area contributed by atoms with E-state index in [-0.39, 0.29) is 12.2 Å². The normalized spacial score (nSPS) is 12.7. The monoisotopic (exact) mass is 289 g/mol. The fourth-order valence-electron chi connectivity index (χ4n) is 1.52. The molecule has 1 aromatic carbocycles. The molecule has 110 valence electrons. The van der Waals surface area contributed by atoms with Crippen molar-refractivity contribution in [2.45, 2.75) is 13.1 Å². The van der Waals surface area contributed by atoms with E-state index >= 15 is 0 Å². The molecular weight excluding hydrogens is 275 g/mol. The lowest BCUT2D eigenvalue weighted by molar-refractivity contribution is -0.150. The number of carbonyl (C=O) groups is 1. The number of halogens is 3. The first kappa shape index (κ1) is 15.9. The standard InChI is InChI=1S/C13H14F3NO3/c1-3-20-12(18)10(13(14,15)16)11(17)8-5-4-6-9(7-8)19-2/h4-7H,3,17H2,1-2H3. The zero-order chi connectivity index (χ0) is 15.3. The second kappa shape index (κ2) is 6.31. The summed E-state index contributed by atoms with van der Waals surface area (Å²) >= 11 is 0. The van der Waals surface area contributed by atoms with Gasteiger partial charge in [0, 0.05) is 5.56 Å². The molecule has 20 heavy (non-hydrogen) atoms. The molecule has 0 aliphatic rings. The van der Waals surface area contributed by atoms with Gasteiger partial charge in [-0.05, 0) is 19.1 Å². The quantitative estimate of drug-likeness (QED) is 0.683. The van der Waals surface area contributed by atoms with Gasteiger partial charge in [0.05, 0.1) is 19.4 Å². The van der Waals surface area contributed by atoms with Gasteiger partial charge in [0.25, 0.3) is 0 Å². The summed E-state index contributed by atoms with van der Waals surface area (Å²) in [5.41, 5.74) is 3.30. The topological polar surface area (TPSA) is 61.5 Å². The highest BCUT2D eigenvalue weighted by molar-refractivity contribution is 5.98. The van der Waals surface area contributed by atoms with E-state index in [1.54, 1.807) is 6.07 Å². The van der Waals surface area contributed by atoms with Crippen molar-refractivity contribution in [3.8, 4) is 5.75 Å². The number of ether oxygens (including phenoxy) is 2. The van der Waals surface area contributed by atoms with Gasteiger partial charge in [0.2, 0.25) is 0 Å². The maximum atomic E-state index is 12.9. The van der Waals surface area contributed by atoms with E-state index < -0.39 is 23.4 Å². The van der Waals surface area contributed by atoms with Crippen LogP contribution in [0.3, 0.4) is 0 Å². The van der Waals surface area contributed by atoms with Crippen LogP contribution in [0.1, 0.15) is 12.5 Å². The minimum absolute atomic E-state index is 0.0322. The van der Waals surface area contributed by atoms with Crippen LogP contribution in [0.2, 0.25) is 0 Å². The Morgan fingerprint density at radius 2 is 2.00 bits per heavy atom. The fourth-order valence-corrected chi connectivity index (χ4v) is 1.52. The van der Waals surface area contributed by atoms with Crippen LogP contribution < -0.4 is 10.5 Å². The highest BCUT2D eigenvalue weighted by atomic mass is 19.4. The molecule has 1 rings (SSSR count). The van der Waals surface area contributed by atoms with Crippen LogP contribution in [0, 0.1) is 0 Å². The van der Waals surface area contributed by atoms with Gasteiger partial charge in [-0.3, -0.25) is 0 Å². The Kier molecular flexibility index (Phi) is 5.01. The average molecular weight is 289 g/mol. The number of hydrogen-bond acceptors (Lipinski definition) is 4. The van der Waals surface area contributed by atoms with Gasteiger partial charge in [0.1, 0.15) is 5.75 Å². The van der Waals surface area contributed by atoms with Crippen molar-refractivity contribution in [2.24, 2.45) is 5.73 Å². The maximum Gasteiger partial charge on any atom is 0.425 e. The molecule has 0 fully saturated rings. The second-order valence-corrected chi connectivity index (χ2v) is 3.74. The minimum Gasteiger partial charge on any atom is -0.497 e. The Labute approximate surface area is 114 Å². The Morgan fingerprint density at radius 3 is 2.50 bits per heavy atom. The summed E-state index contributed by atoms with van der Waals surface area (Å²) in [5, 5.41) is 0. The summed E-state index contributed by atoms with van der Waals surface area (Å²) in [6, 6.07) is 5.68. The molecule has 0 aliphatic carbocycles. The number of nitrogens with two attached hydrogens (primary N) is 1. The average Bonchev–Trinajstić information content (AvgIpc) is 2.37. The van der Waals surface area contributed by atoms with Crippen molar-refractivity contribution >= 4 is 11.7 Å². The van der Waals surface area contributed by atoms with Gasteiger partial charge in [-0.2, -0.15) is 13.2 Å². The first-order valence-corrected chi connectivity index (χ1v) is 5.69. The first-order valence-electron chi connectivity index (χ1n) is 5.69. The summed E-state index contributed by atoms with van der Waals surface area (Å²) in [4.78, 5) is 11.4. The van der Waals surface area contributed by atoms with Crippen molar-refractivity contribution in [2.75, 3.05) is 13.7 Å². The third kappa shape index (κ3) is 3.66. The SMILES string of the molecule is CCOC(=O)C(=C(N)c1cccc(OC)c1)C(F)(F)F. The van der Waals surface area contributed by atoms with Gasteiger partial charge >= 0.3 is 12.1 Å². The number of benzene rings is 1. The van der Waals surface area contributed by atoms with E-state index in [1.807, 2.05) is 0 Å². The summed E-state index contributed by atoms with van der Waals surface area (Å²) in [6.45, 7) is 1.23. The summed E-state index contributed by atoms with van der Waals surface area (Å²) in [7, 11) is 1.37. The number of hydrogen-bond donors (Lipinski definition) is 1. The van der Waals surface area contributed by atoms with Gasteiger partial charge in [-0.25, -0.2) is 4.79 Å². The molecule has 0 saturated carbocycles. The van der Waals surface area contributed by atoms with E-state index in [4.69, 9.17) is 10.5 Å². The van der Waals surface area contributed by atoms with Crippen LogP contribution >= 0.6 is 0 Å².